The molecule has 6 nitrogen and oxygen atoms in total. The van der Waals surface area contributed by atoms with Crippen molar-refractivity contribution < 1.29 is 26.4 Å². The van der Waals surface area contributed by atoms with E-state index in [0.29, 0.717) is 10.4 Å². The molecule has 33 heavy (non-hydrogen) atoms. The Morgan fingerprint density at radius 1 is 1.06 bits per heavy atom. The molecule has 0 aliphatic heterocycles. The molecule has 0 spiro atoms. The molecule has 11 heteroatoms. The summed E-state index contributed by atoms with van der Waals surface area (Å²) in [6.45, 7) is 3.35. The summed E-state index contributed by atoms with van der Waals surface area (Å²) in [5, 5.41) is 2.38. The van der Waals surface area contributed by atoms with Gasteiger partial charge in [0.05, 0.1) is 21.2 Å². The Morgan fingerprint density at radius 2 is 1.73 bits per heavy atom. The number of anilines is 3. The summed E-state index contributed by atoms with van der Waals surface area (Å²) in [6.07, 6.45) is -3.50. The van der Waals surface area contributed by atoms with E-state index in [1.165, 1.54) is 42.6 Å². The molecule has 0 atom stereocenters. The molecule has 1 N–H and O–H groups in total. The lowest BCUT2D eigenvalue weighted by Gasteiger charge is -2.25. The minimum Gasteiger partial charge on any atom is -0.326 e. The average molecular weight is 498 g/mol. The number of amides is 1. The van der Waals surface area contributed by atoms with Gasteiger partial charge in [-0.05, 0) is 36.4 Å². The van der Waals surface area contributed by atoms with Crippen molar-refractivity contribution in [3.05, 3.63) is 77.4 Å². The number of carbonyl (C=O) groups is 1. The number of alkyl halides is 3. The fraction of sp³-hybridized carbons (Fsp3) is 0.182. The molecule has 3 rings (SSSR count). The van der Waals surface area contributed by atoms with E-state index in [9.17, 15) is 26.4 Å². The molecule has 0 radical (unpaired) electrons. The number of hydrogen-bond acceptors (Lipinski definition) is 4. The highest BCUT2D eigenvalue weighted by Crippen LogP contribution is 2.40. The number of nitrogens with one attached hydrogen (secondary N) is 1. The Morgan fingerprint density at radius 3 is 2.33 bits per heavy atom. The van der Waals surface area contributed by atoms with Gasteiger partial charge in [0.15, 0.2) is 0 Å². The van der Waals surface area contributed by atoms with Crippen LogP contribution in [0.3, 0.4) is 0 Å². The standard InChI is InChI=1S/C22H19ClF3N3O3S/c1-14(2)21(30)28-16-10-11-27-20(13-16)29(33(31,32)17-6-4-3-5-7-17)19-12-15(22(24,25)26)8-9-18(19)23/h3-14H,1-2H3,(H,27,28,30). The van der Waals surface area contributed by atoms with Gasteiger partial charge in [-0.3, -0.25) is 4.79 Å². The highest BCUT2D eigenvalue weighted by atomic mass is 35.5. The maximum Gasteiger partial charge on any atom is 0.416 e. The first-order valence-corrected chi connectivity index (χ1v) is 11.5. The average Bonchev–Trinajstić information content (AvgIpc) is 2.75. The lowest BCUT2D eigenvalue weighted by atomic mass is 10.2. The van der Waals surface area contributed by atoms with Crippen LogP contribution in [0, 0.1) is 5.92 Å². The van der Waals surface area contributed by atoms with E-state index in [-0.39, 0.29) is 33.2 Å². The van der Waals surface area contributed by atoms with Crippen molar-refractivity contribution in [2.45, 2.75) is 24.9 Å². The summed E-state index contributed by atoms with van der Waals surface area (Å²) in [4.78, 5) is 15.9. The fourth-order valence-electron chi connectivity index (χ4n) is 2.81. The van der Waals surface area contributed by atoms with Crippen LogP contribution in [0.15, 0.2) is 71.8 Å². The molecule has 0 aliphatic rings. The van der Waals surface area contributed by atoms with Crippen molar-refractivity contribution in [2.24, 2.45) is 5.92 Å². The van der Waals surface area contributed by atoms with Gasteiger partial charge < -0.3 is 5.32 Å². The Labute approximate surface area is 194 Å². The molecule has 0 aliphatic carbocycles. The lowest BCUT2D eigenvalue weighted by Crippen LogP contribution is -2.28. The number of rotatable bonds is 6. The third-order valence-corrected chi connectivity index (χ3v) is 6.57. The zero-order valence-corrected chi connectivity index (χ0v) is 19.0. The molecular weight excluding hydrogens is 479 g/mol. The first-order chi connectivity index (χ1) is 15.4. The van der Waals surface area contributed by atoms with Crippen molar-refractivity contribution in [2.75, 3.05) is 9.62 Å². The zero-order valence-electron chi connectivity index (χ0n) is 17.5. The zero-order chi connectivity index (χ0) is 24.4. The predicted octanol–water partition coefficient (Wildman–Crippen LogP) is 5.88. The van der Waals surface area contributed by atoms with Gasteiger partial charge in [-0.1, -0.05) is 43.6 Å². The first-order valence-electron chi connectivity index (χ1n) is 9.65. The quantitative estimate of drug-likeness (QED) is 0.461. The molecule has 174 valence electrons. The summed E-state index contributed by atoms with van der Waals surface area (Å²) < 4.78 is 67.9. The molecular formula is C22H19ClF3N3O3S. The lowest BCUT2D eigenvalue weighted by molar-refractivity contribution is -0.137. The van der Waals surface area contributed by atoms with E-state index >= 15 is 0 Å². The Balaban J connectivity index is 2.24. The van der Waals surface area contributed by atoms with E-state index in [4.69, 9.17) is 11.6 Å². The highest BCUT2D eigenvalue weighted by Gasteiger charge is 2.35. The van der Waals surface area contributed by atoms with Gasteiger partial charge in [0, 0.05) is 23.9 Å². The molecule has 3 aromatic rings. The summed E-state index contributed by atoms with van der Waals surface area (Å²) in [5.41, 5.74) is -1.30. The van der Waals surface area contributed by atoms with Gasteiger partial charge in [0.25, 0.3) is 10.0 Å². The van der Waals surface area contributed by atoms with E-state index in [1.54, 1.807) is 19.9 Å². The van der Waals surface area contributed by atoms with Crippen LogP contribution in [0.2, 0.25) is 5.02 Å². The number of hydrogen-bond donors (Lipinski definition) is 1. The predicted molar refractivity (Wildman–Crippen MR) is 120 cm³/mol. The largest absolute Gasteiger partial charge is 0.416 e. The third-order valence-electron chi connectivity index (χ3n) is 4.52. The normalized spacial score (nSPS) is 12.0. The summed E-state index contributed by atoms with van der Waals surface area (Å²) in [5.74, 6) is -0.938. The van der Waals surface area contributed by atoms with Gasteiger partial charge in [-0.2, -0.15) is 13.2 Å². The number of pyridine rings is 1. The Bertz CT molecular complexity index is 1270. The van der Waals surface area contributed by atoms with Crippen molar-refractivity contribution in [1.29, 1.82) is 0 Å². The van der Waals surface area contributed by atoms with Gasteiger partial charge in [0.2, 0.25) is 5.91 Å². The Kier molecular flexibility index (Phi) is 6.99. The van der Waals surface area contributed by atoms with Crippen molar-refractivity contribution in [3.8, 4) is 0 Å². The summed E-state index contributed by atoms with van der Waals surface area (Å²) in [6, 6.07) is 12.2. The van der Waals surface area contributed by atoms with Crippen LogP contribution >= 0.6 is 11.6 Å². The monoisotopic (exact) mass is 497 g/mol. The second kappa shape index (κ2) is 9.40. The number of nitrogens with zero attached hydrogens (tertiary/aromatic N) is 2. The maximum atomic E-state index is 13.5. The van der Waals surface area contributed by atoms with Gasteiger partial charge >= 0.3 is 6.18 Å². The summed E-state index contributed by atoms with van der Waals surface area (Å²) in [7, 11) is -4.45. The van der Waals surface area contributed by atoms with E-state index < -0.39 is 27.5 Å². The number of carbonyl (C=O) groups excluding carboxylic acids is 1. The smallest absolute Gasteiger partial charge is 0.326 e. The number of halogens is 4. The van der Waals surface area contributed by atoms with Crippen LogP contribution in [0.1, 0.15) is 19.4 Å². The van der Waals surface area contributed by atoms with E-state index in [0.717, 1.165) is 12.1 Å². The van der Waals surface area contributed by atoms with Crippen molar-refractivity contribution >= 4 is 44.7 Å². The molecule has 0 bridgehead atoms. The number of aromatic nitrogens is 1. The molecule has 0 fully saturated rings. The topological polar surface area (TPSA) is 79.4 Å². The highest BCUT2D eigenvalue weighted by molar-refractivity contribution is 7.93. The van der Waals surface area contributed by atoms with Crippen LogP contribution in [0.4, 0.5) is 30.4 Å². The second-order valence-corrected chi connectivity index (χ2v) is 9.49. The van der Waals surface area contributed by atoms with Crippen LogP contribution in [-0.2, 0) is 21.0 Å². The Hall–Kier alpha value is -3.11. The van der Waals surface area contributed by atoms with Crippen molar-refractivity contribution in [1.82, 2.24) is 4.98 Å². The maximum absolute atomic E-state index is 13.5. The van der Waals surface area contributed by atoms with E-state index in [2.05, 4.69) is 10.3 Å². The van der Waals surface area contributed by atoms with Crippen LogP contribution < -0.4 is 9.62 Å². The van der Waals surface area contributed by atoms with Crippen LogP contribution in [0.25, 0.3) is 0 Å². The number of sulfonamides is 1. The molecule has 1 aromatic heterocycles. The van der Waals surface area contributed by atoms with Crippen molar-refractivity contribution in [3.63, 3.8) is 0 Å². The first kappa shape index (κ1) is 24.5. The molecule has 0 saturated carbocycles. The minimum absolute atomic E-state index is 0.183. The van der Waals surface area contributed by atoms with Crippen LogP contribution in [0.5, 0.6) is 0 Å². The molecule has 1 heterocycles. The van der Waals surface area contributed by atoms with Gasteiger partial charge in [-0.15, -0.1) is 0 Å². The fourth-order valence-corrected chi connectivity index (χ4v) is 4.53. The SMILES string of the molecule is CC(C)C(=O)Nc1ccnc(N(c2cc(C(F)(F)F)ccc2Cl)S(=O)(=O)c2ccccc2)c1. The van der Waals surface area contributed by atoms with E-state index in [1.807, 2.05) is 0 Å². The number of benzene rings is 2. The molecule has 2 aromatic carbocycles. The van der Waals surface area contributed by atoms with Gasteiger partial charge in [-0.25, -0.2) is 17.7 Å². The van der Waals surface area contributed by atoms with Crippen LogP contribution in [-0.4, -0.2) is 19.3 Å². The summed E-state index contributed by atoms with van der Waals surface area (Å²) >= 11 is 6.18. The second-order valence-electron chi connectivity index (χ2n) is 7.29. The third kappa shape index (κ3) is 5.45. The van der Waals surface area contributed by atoms with Gasteiger partial charge in [0.1, 0.15) is 5.82 Å². The molecule has 0 unspecified atom stereocenters. The molecule has 1 amide bonds. The minimum atomic E-state index is -4.73. The molecule has 0 saturated heterocycles.